The first-order valence-electron chi connectivity index (χ1n) is 4.99. The number of carbonyl (C=O) groups excluding carboxylic acids is 2. The lowest BCUT2D eigenvalue weighted by molar-refractivity contribution is 0.100. The third-order valence-electron chi connectivity index (χ3n) is 2.14. The fourth-order valence-electron chi connectivity index (χ4n) is 1.28. The van der Waals surface area contributed by atoms with Crippen molar-refractivity contribution < 1.29 is 14.0 Å². The van der Waals surface area contributed by atoms with Gasteiger partial charge in [0.25, 0.3) is 11.8 Å². The number of nitrogens with zero attached hydrogens (tertiary/aromatic N) is 1. The van der Waals surface area contributed by atoms with E-state index in [4.69, 9.17) is 17.3 Å². The molecular formula is C11H7ClFN3O2S. The number of carbonyl (C=O) groups is 2. The predicted octanol–water partition coefficient (Wildman–Crippen LogP) is 2.29. The average Bonchev–Trinajstić information content (AvgIpc) is 2.77. The quantitative estimate of drug-likeness (QED) is 0.912. The molecule has 8 heteroatoms. The number of anilines is 1. The summed E-state index contributed by atoms with van der Waals surface area (Å²) in [7, 11) is 0. The summed E-state index contributed by atoms with van der Waals surface area (Å²) in [5, 5.41) is 2.65. The molecule has 0 aliphatic heterocycles. The first-order valence-corrected chi connectivity index (χ1v) is 6.19. The Morgan fingerprint density at radius 1 is 1.42 bits per heavy atom. The molecule has 0 aliphatic rings. The van der Waals surface area contributed by atoms with Crippen molar-refractivity contribution >= 4 is 39.9 Å². The molecule has 0 aliphatic carbocycles. The van der Waals surface area contributed by atoms with Crippen LogP contribution < -0.4 is 11.1 Å². The van der Waals surface area contributed by atoms with Gasteiger partial charge in [0.15, 0.2) is 5.13 Å². The molecule has 0 radical (unpaired) electrons. The van der Waals surface area contributed by atoms with E-state index in [1.165, 1.54) is 12.3 Å². The van der Waals surface area contributed by atoms with Crippen LogP contribution in [-0.4, -0.2) is 16.8 Å². The molecule has 0 saturated carbocycles. The normalized spacial score (nSPS) is 10.2. The summed E-state index contributed by atoms with van der Waals surface area (Å²) < 4.78 is 12.9. The molecule has 0 spiro atoms. The van der Waals surface area contributed by atoms with Crippen LogP contribution in [0.1, 0.15) is 20.0 Å². The maximum Gasteiger partial charge on any atom is 0.260 e. The van der Waals surface area contributed by atoms with Crippen LogP contribution in [0.2, 0.25) is 5.02 Å². The second kappa shape index (κ2) is 5.33. The Labute approximate surface area is 116 Å². The van der Waals surface area contributed by atoms with Gasteiger partial charge in [-0.25, -0.2) is 9.37 Å². The summed E-state index contributed by atoms with van der Waals surface area (Å²) in [6, 6.07) is 3.42. The van der Waals surface area contributed by atoms with Gasteiger partial charge in [0, 0.05) is 0 Å². The number of halogens is 2. The minimum Gasteiger partial charge on any atom is -0.365 e. The highest BCUT2D eigenvalue weighted by atomic mass is 35.5. The molecule has 0 bridgehead atoms. The van der Waals surface area contributed by atoms with E-state index in [1.807, 2.05) is 0 Å². The number of amides is 2. The summed E-state index contributed by atoms with van der Waals surface area (Å²) in [5.74, 6) is -1.71. The van der Waals surface area contributed by atoms with Gasteiger partial charge >= 0.3 is 0 Å². The van der Waals surface area contributed by atoms with E-state index in [0.29, 0.717) is 0 Å². The van der Waals surface area contributed by atoms with Crippen LogP contribution in [0.5, 0.6) is 0 Å². The summed E-state index contributed by atoms with van der Waals surface area (Å²) in [4.78, 5) is 26.8. The molecule has 1 aromatic heterocycles. The van der Waals surface area contributed by atoms with Gasteiger partial charge in [-0.05, 0) is 18.2 Å². The second-order valence-corrected chi connectivity index (χ2v) is 4.91. The van der Waals surface area contributed by atoms with Crippen molar-refractivity contribution in [2.24, 2.45) is 5.73 Å². The van der Waals surface area contributed by atoms with Gasteiger partial charge in [-0.3, -0.25) is 14.9 Å². The summed E-state index contributed by atoms with van der Waals surface area (Å²) in [5.41, 5.74) is 5.18. The summed E-state index contributed by atoms with van der Waals surface area (Å²) in [6.07, 6.45) is 1.26. The molecule has 1 aromatic carbocycles. The molecule has 0 saturated heterocycles. The van der Waals surface area contributed by atoms with Crippen molar-refractivity contribution in [3.63, 3.8) is 0 Å². The molecule has 2 rings (SSSR count). The number of aromatic nitrogens is 1. The lowest BCUT2D eigenvalue weighted by Crippen LogP contribution is -2.12. The van der Waals surface area contributed by atoms with Crippen molar-refractivity contribution in [1.82, 2.24) is 4.98 Å². The second-order valence-electron chi connectivity index (χ2n) is 3.47. The van der Waals surface area contributed by atoms with E-state index in [0.717, 1.165) is 23.5 Å². The number of thiazole rings is 1. The van der Waals surface area contributed by atoms with E-state index in [1.54, 1.807) is 0 Å². The van der Waals surface area contributed by atoms with Crippen molar-refractivity contribution in [2.75, 3.05) is 5.32 Å². The number of primary amides is 1. The fraction of sp³-hybridized carbons (Fsp3) is 0. The molecule has 2 amide bonds. The maximum absolute atomic E-state index is 12.9. The van der Waals surface area contributed by atoms with Crippen molar-refractivity contribution in [3.8, 4) is 0 Å². The van der Waals surface area contributed by atoms with Crippen LogP contribution in [0.15, 0.2) is 24.4 Å². The number of nitrogens with two attached hydrogens (primary N) is 1. The Morgan fingerprint density at radius 2 is 2.16 bits per heavy atom. The number of hydrogen-bond donors (Lipinski definition) is 2. The van der Waals surface area contributed by atoms with Crippen LogP contribution in [0, 0.1) is 5.82 Å². The van der Waals surface area contributed by atoms with Crippen LogP contribution in [0.4, 0.5) is 9.52 Å². The summed E-state index contributed by atoms with van der Waals surface area (Å²) in [6.45, 7) is 0. The largest absolute Gasteiger partial charge is 0.365 e. The molecule has 0 fully saturated rings. The average molecular weight is 300 g/mol. The Hall–Kier alpha value is -1.99. The molecule has 1 heterocycles. The van der Waals surface area contributed by atoms with Gasteiger partial charge < -0.3 is 5.73 Å². The number of benzene rings is 1. The highest BCUT2D eigenvalue weighted by molar-refractivity contribution is 7.17. The minimum absolute atomic E-state index is 0.0100. The number of hydrogen-bond acceptors (Lipinski definition) is 4. The van der Waals surface area contributed by atoms with Crippen molar-refractivity contribution in [2.45, 2.75) is 0 Å². The molecule has 5 nitrogen and oxygen atoms in total. The molecule has 0 atom stereocenters. The summed E-state index contributed by atoms with van der Waals surface area (Å²) >= 11 is 6.69. The van der Waals surface area contributed by atoms with E-state index >= 15 is 0 Å². The first kappa shape index (κ1) is 13.4. The van der Waals surface area contributed by atoms with Crippen LogP contribution in [0.3, 0.4) is 0 Å². The molecule has 2 aromatic rings. The van der Waals surface area contributed by atoms with Gasteiger partial charge in [0.2, 0.25) is 0 Å². The van der Waals surface area contributed by atoms with Gasteiger partial charge in [0.1, 0.15) is 10.7 Å². The van der Waals surface area contributed by atoms with Gasteiger partial charge in [0.05, 0.1) is 16.8 Å². The van der Waals surface area contributed by atoms with Crippen LogP contribution in [0.25, 0.3) is 0 Å². The highest BCUT2D eigenvalue weighted by Crippen LogP contribution is 2.21. The lowest BCUT2D eigenvalue weighted by atomic mass is 10.2. The molecule has 98 valence electrons. The third kappa shape index (κ3) is 3.07. The standard InChI is InChI=1S/C11H7ClFN3O2S/c12-7-3-5(13)1-2-6(7)10(18)16-11-15-4-8(19-11)9(14)17/h1-4H,(H2,14,17)(H,15,16,18). The van der Waals surface area contributed by atoms with E-state index < -0.39 is 17.6 Å². The van der Waals surface area contributed by atoms with Gasteiger partial charge in [-0.1, -0.05) is 22.9 Å². The maximum atomic E-state index is 12.9. The van der Waals surface area contributed by atoms with Gasteiger partial charge in [-0.2, -0.15) is 0 Å². The van der Waals surface area contributed by atoms with E-state index in [-0.39, 0.29) is 20.6 Å². The van der Waals surface area contributed by atoms with Gasteiger partial charge in [-0.15, -0.1) is 0 Å². The minimum atomic E-state index is -0.627. The van der Waals surface area contributed by atoms with Crippen LogP contribution in [-0.2, 0) is 0 Å². The van der Waals surface area contributed by atoms with Crippen molar-refractivity contribution in [1.29, 1.82) is 0 Å². The topological polar surface area (TPSA) is 85.1 Å². The third-order valence-corrected chi connectivity index (χ3v) is 3.38. The monoisotopic (exact) mass is 299 g/mol. The zero-order chi connectivity index (χ0) is 14.0. The SMILES string of the molecule is NC(=O)c1cnc(NC(=O)c2ccc(F)cc2Cl)s1. The molecule has 0 unspecified atom stereocenters. The number of rotatable bonds is 3. The van der Waals surface area contributed by atoms with Crippen molar-refractivity contribution in [3.05, 3.63) is 45.7 Å². The smallest absolute Gasteiger partial charge is 0.260 e. The Balaban J connectivity index is 2.18. The Kier molecular flexibility index (Phi) is 3.77. The molecule has 3 N–H and O–H groups in total. The first-order chi connectivity index (χ1) is 8.97. The molecule has 19 heavy (non-hydrogen) atoms. The Bertz CT molecular complexity index is 659. The highest BCUT2D eigenvalue weighted by Gasteiger charge is 2.14. The lowest BCUT2D eigenvalue weighted by Gasteiger charge is -2.03. The molecular weight excluding hydrogens is 293 g/mol. The Morgan fingerprint density at radius 3 is 2.74 bits per heavy atom. The van der Waals surface area contributed by atoms with E-state index in [2.05, 4.69) is 10.3 Å². The van der Waals surface area contributed by atoms with Crippen LogP contribution >= 0.6 is 22.9 Å². The zero-order valence-electron chi connectivity index (χ0n) is 9.31. The predicted molar refractivity (Wildman–Crippen MR) is 70.0 cm³/mol. The number of nitrogens with one attached hydrogen (secondary N) is 1. The zero-order valence-corrected chi connectivity index (χ0v) is 10.9. The van der Waals surface area contributed by atoms with E-state index in [9.17, 15) is 14.0 Å². The fourth-order valence-corrected chi connectivity index (χ4v) is 2.20.